The second-order valence-electron chi connectivity index (χ2n) is 1.99. The summed E-state index contributed by atoms with van der Waals surface area (Å²) in [7, 11) is 0. The summed E-state index contributed by atoms with van der Waals surface area (Å²) in [5.41, 5.74) is 0. The predicted molar refractivity (Wildman–Crippen MR) is 27.0 cm³/mol. The molecule has 0 aliphatic rings. The zero-order valence-corrected chi connectivity index (χ0v) is 7.66. The van der Waals surface area contributed by atoms with Gasteiger partial charge in [0, 0.05) is 20.4 Å². The summed E-state index contributed by atoms with van der Waals surface area (Å²) in [6, 6.07) is 0. The van der Waals surface area contributed by atoms with Crippen LogP contribution in [0.5, 0.6) is 0 Å². The van der Waals surface area contributed by atoms with Crippen LogP contribution in [0.4, 0.5) is 26.3 Å². The second-order valence-corrected chi connectivity index (χ2v) is 1.99. The van der Waals surface area contributed by atoms with Crippen molar-refractivity contribution in [1.29, 1.82) is 0 Å². The predicted octanol–water partition coefficient (Wildman–Crippen LogP) is 1.29. The Kier molecular flexibility index (Phi) is 5.60. The Balaban J connectivity index is 0. The molecule has 0 amide bonds. The van der Waals surface area contributed by atoms with Crippen LogP contribution in [0.25, 0.3) is 0 Å². The summed E-state index contributed by atoms with van der Waals surface area (Å²) in [6.07, 6.45) is -5.70. The maximum Gasteiger partial charge on any atom is 0.458 e. The Morgan fingerprint density at radius 3 is 1.50 bits per heavy atom. The van der Waals surface area contributed by atoms with Gasteiger partial charge in [0.05, 0.1) is 0 Å². The molecule has 0 saturated heterocycles. The third-order valence-electron chi connectivity index (χ3n) is 0.964. The van der Waals surface area contributed by atoms with Crippen molar-refractivity contribution in [2.45, 2.75) is 12.1 Å². The minimum absolute atomic E-state index is 0. The zero-order chi connectivity index (χ0) is 10.9. The monoisotopic (exact) mass is 314 g/mol. The van der Waals surface area contributed by atoms with Crippen molar-refractivity contribution in [3.05, 3.63) is 0 Å². The van der Waals surface area contributed by atoms with Gasteiger partial charge in [-0.3, -0.25) is 9.59 Å². The minimum atomic E-state index is -5.70. The number of halogens is 6. The molecule has 0 rings (SSSR count). The van der Waals surface area contributed by atoms with Gasteiger partial charge < -0.3 is 0 Å². The quantitative estimate of drug-likeness (QED) is 0.447. The van der Waals surface area contributed by atoms with Gasteiger partial charge in [-0.1, -0.05) is 0 Å². The van der Waals surface area contributed by atoms with Gasteiger partial charge in [0.2, 0.25) is 0 Å². The molecule has 0 aromatic rings. The van der Waals surface area contributed by atoms with Crippen LogP contribution < -0.4 is 0 Å². The van der Waals surface area contributed by atoms with Gasteiger partial charge >= 0.3 is 17.9 Å². The molecule has 0 atom stereocenters. The number of ketones is 2. The van der Waals surface area contributed by atoms with Gasteiger partial charge in [0.25, 0.3) is 5.78 Å². The van der Waals surface area contributed by atoms with Crippen molar-refractivity contribution in [2.75, 3.05) is 6.67 Å². The molecular formula is C5H2F6O2Pd. The van der Waals surface area contributed by atoms with Gasteiger partial charge in [-0.25, -0.2) is 4.39 Å². The van der Waals surface area contributed by atoms with E-state index in [1.807, 2.05) is 0 Å². The second kappa shape index (κ2) is 4.89. The zero-order valence-electron chi connectivity index (χ0n) is 6.11. The van der Waals surface area contributed by atoms with Crippen LogP contribution in [-0.4, -0.2) is 30.3 Å². The molecule has 86 valence electrons. The fraction of sp³-hybridized carbons (Fsp3) is 0.600. The Bertz CT molecular complexity index is 235. The van der Waals surface area contributed by atoms with Gasteiger partial charge in [-0.2, -0.15) is 22.0 Å². The summed E-state index contributed by atoms with van der Waals surface area (Å²) in [5, 5.41) is 0. The van der Waals surface area contributed by atoms with E-state index < -0.39 is 30.3 Å². The first kappa shape index (κ1) is 16.0. The molecule has 0 aliphatic heterocycles. The van der Waals surface area contributed by atoms with Crippen LogP contribution in [-0.2, 0) is 30.0 Å². The number of alkyl halides is 6. The Morgan fingerprint density at radius 2 is 1.29 bits per heavy atom. The molecule has 0 bridgehead atoms. The molecule has 0 spiro atoms. The summed E-state index contributed by atoms with van der Waals surface area (Å²) >= 11 is 0. The van der Waals surface area contributed by atoms with E-state index in [1.54, 1.807) is 0 Å². The minimum Gasteiger partial charge on any atom is -0.284 e. The van der Waals surface area contributed by atoms with E-state index in [-0.39, 0.29) is 20.4 Å². The van der Waals surface area contributed by atoms with Crippen molar-refractivity contribution in [2.24, 2.45) is 0 Å². The maximum absolute atomic E-state index is 11.9. The van der Waals surface area contributed by atoms with Crippen molar-refractivity contribution in [3.8, 4) is 0 Å². The number of hydrogen-bond acceptors (Lipinski definition) is 2. The van der Waals surface area contributed by atoms with Crippen LogP contribution in [0.15, 0.2) is 0 Å². The third-order valence-corrected chi connectivity index (χ3v) is 0.964. The van der Waals surface area contributed by atoms with Crippen molar-refractivity contribution < 1.29 is 56.4 Å². The molecule has 0 aromatic heterocycles. The van der Waals surface area contributed by atoms with Gasteiger partial charge in [0.1, 0.15) is 0 Å². The number of Topliss-reactive ketones (excluding diaryl/α,β-unsaturated/α-hetero) is 2. The van der Waals surface area contributed by atoms with E-state index in [4.69, 9.17) is 0 Å². The van der Waals surface area contributed by atoms with Crippen LogP contribution in [0.2, 0.25) is 0 Å². The van der Waals surface area contributed by atoms with E-state index in [9.17, 15) is 35.9 Å². The van der Waals surface area contributed by atoms with Crippen LogP contribution in [0.3, 0.4) is 0 Å². The number of carbonyl (C=O) groups is 2. The first-order valence-corrected chi connectivity index (χ1v) is 2.72. The molecule has 2 nitrogen and oxygen atoms in total. The number of hydrogen-bond donors (Lipinski definition) is 0. The van der Waals surface area contributed by atoms with E-state index in [0.29, 0.717) is 0 Å². The summed E-state index contributed by atoms with van der Waals surface area (Å²) in [5.74, 6) is -11.2. The largest absolute Gasteiger partial charge is 0.458 e. The normalized spacial score (nSPS) is 11.9. The van der Waals surface area contributed by atoms with Crippen molar-refractivity contribution in [1.82, 2.24) is 0 Å². The smallest absolute Gasteiger partial charge is 0.284 e. The molecule has 9 heteroatoms. The van der Waals surface area contributed by atoms with E-state index in [0.717, 1.165) is 0 Å². The van der Waals surface area contributed by atoms with Crippen molar-refractivity contribution in [3.63, 3.8) is 0 Å². The summed E-state index contributed by atoms with van der Waals surface area (Å²) < 4.78 is 69.1. The fourth-order valence-corrected chi connectivity index (χ4v) is 0.356. The topological polar surface area (TPSA) is 34.1 Å². The molecule has 14 heavy (non-hydrogen) atoms. The van der Waals surface area contributed by atoms with Gasteiger partial charge in [-0.15, -0.1) is 0 Å². The standard InChI is InChI=1S/C5H2F6O2.Pd/c6-1-4(7,8)2(12)3(13)5(9,10)11;/h1H2;. The average Bonchev–Trinajstić information content (AvgIpc) is 2.00. The van der Waals surface area contributed by atoms with Crippen molar-refractivity contribution >= 4 is 11.6 Å². The number of carbonyl (C=O) groups excluding carboxylic acids is 2. The molecule has 0 unspecified atom stereocenters. The molecule has 0 N–H and O–H groups in total. The third kappa shape index (κ3) is 3.76. The molecule has 0 radical (unpaired) electrons. The molecule has 0 aromatic carbocycles. The average molecular weight is 314 g/mol. The summed E-state index contributed by atoms with van der Waals surface area (Å²) in [4.78, 5) is 19.8. The Hall–Kier alpha value is -0.418. The van der Waals surface area contributed by atoms with E-state index >= 15 is 0 Å². The van der Waals surface area contributed by atoms with E-state index in [2.05, 4.69) is 0 Å². The first-order valence-electron chi connectivity index (χ1n) is 2.72. The van der Waals surface area contributed by atoms with Crippen LogP contribution in [0, 0.1) is 0 Å². The molecule has 0 fully saturated rings. The van der Waals surface area contributed by atoms with Crippen LogP contribution in [0.1, 0.15) is 0 Å². The van der Waals surface area contributed by atoms with Crippen LogP contribution >= 0.6 is 0 Å². The Labute approximate surface area is 87.3 Å². The molecular weight excluding hydrogens is 312 g/mol. The SMILES string of the molecule is O=C(C(=O)C(F)(F)CF)C(F)(F)F.[Pd]. The fourth-order valence-electron chi connectivity index (χ4n) is 0.356. The Morgan fingerprint density at radius 1 is 0.929 bits per heavy atom. The van der Waals surface area contributed by atoms with Gasteiger partial charge in [0.15, 0.2) is 6.67 Å². The molecule has 0 saturated carbocycles. The maximum atomic E-state index is 11.9. The first-order chi connectivity index (χ1) is 5.63. The molecule has 0 heterocycles. The van der Waals surface area contributed by atoms with Gasteiger partial charge in [-0.05, 0) is 0 Å². The summed E-state index contributed by atoms with van der Waals surface area (Å²) in [6.45, 7) is -2.63. The van der Waals surface area contributed by atoms with E-state index in [1.165, 1.54) is 0 Å². The number of rotatable bonds is 3. The molecule has 0 aliphatic carbocycles.